The van der Waals surface area contributed by atoms with Crippen molar-refractivity contribution in [2.24, 2.45) is 0 Å². The third kappa shape index (κ3) is 24.4. The van der Waals surface area contributed by atoms with Crippen LogP contribution in [-0.2, 0) is 49.5 Å². The van der Waals surface area contributed by atoms with Gasteiger partial charge in [-0.25, -0.2) is 9.59 Å². The van der Waals surface area contributed by atoms with Crippen LogP contribution >= 0.6 is 0 Å². The number of esters is 4. The Hall–Kier alpha value is -3.98. The molecule has 2 aliphatic heterocycles. The lowest BCUT2D eigenvalue weighted by molar-refractivity contribution is -0.153. The topological polar surface area (TPSA) is 216 Å². The molecule has 4 atom stereocenters. The van der Waals surface area contributed by atoms with Crippen LogP contribution < -0.4 is 0 Å². The number of carbonyl (C=O) groups is 4. The van der Waals surface area contributed by atoms with E-state index in [1.165, 1.54) is 122 Å². The molecule has 0 fully saturated rings. The van der Waals surface area contributed by atoms with E-state index >= 15 is 0 Å². The molecular formula is C51H82O14. The van der Waals surface area contributed by atoms with Gasteiger partial charge in [-0.3, -0.25) is 9.59 Å². The highest BCUT2D eigenvalue weighted by Gasteiger charge is 2.43. The van der Waals surface area contributed by atoms with Crippen LogP contribution in [0.2, 0.25) is 0 Å². The summed E-state index contributed by atoms with van der Waals surface area (Å²) in [6.45, 7) is 3.25. The van der Waals surface area contributed by atoms with E-state index in [4.69, 9.17) is 28.8 Å². The summed E-state index contributed by atoms with van der Waals surface area (Å²) in [5.74, 6) is -4.71. The predicted octanol–water partition coefficient (Wildman–Crippen LogP) is 9.78. The molecule has 14 nitrogen and oxygen atoms in total. The van der Waals surface area contributed by atoms with Crippen molar-refractivity contribution < 1.29 is 68.4 Å². The average molecular weight is 919 g/mol. The first-order valence-electron chi connectivity index (χ1n) is 24.8. The highest BCUT2D eigenvalue weighted by atomic mass is 16.6. The van der Waals surface area contributed by atoms with Crippen LogP contribution in [0.1, 0.15) is 199 Å². The zero-order valence-electron chi connectivity index (χ0n) is 39.5. The van der Waals surface area contributed by atoms with Gasteiger partial charge >= 0.3 is 23.9 Å². The maximum atomic E-state index is 12.4. The van der Waals surface area contributed by atoms with Crippen LogP contribution in [0, 0.1) is 0 Å². The van der Waals surface area contributed by atoms with Crippen LogP contribution in [0.4, 0.5) is 0 Å². The van der Waals surface area contributed by atoms with Gasteiger partial charge in [0.2, 0.25) is 0 Å². The van der Waals surface area contributed by atoms with E-state index in [2.05, 4.69) is 13.8 Å². The van der Waals surface area contributed by atoms with Gasteiger partial charge < -0.3 is 49.2 Å². The average Bonchev–Trinajstić information content (AvgIpc) is 3.77. The quantitative estimate of drug-likeness (QED) is 0.0239. The third-order valence-corrected chi connectivity index (χ3v) is 11.5. The van der Waals surface area contributed by atoms with Gasteiger partial charge in [-0.1, -0.05) is 198 Å². The molecule has 2 heterocycles. The maximum Gasteiger partial charge on any atom is 0.378 e. The normalized spacial score (nSPS) is 16.8. The number of hydrogen-bond acceptors (Lipinski definition) is 14. The standard InChI is InChI=1S/C29H44O7.C22H38O7/c1-2-3-4-5-6-7-8-9-10-11-12-13-17-20-25(32)35-28-27(26(24(31)21-30)36-29(28)33)34-22-23-18-15-14-16-19-23;1-2-3-4-5-6-7-8-9-10-11-12-13-14-15-18(25)28-21-19(26)20(17(24)16-23)29-22(21)27/h14-16,18-19,24,26,30-31H,2-13,17,20-22H2,1H3;17,20,23-24,26H,2-16H2,1H3/t24-,26+;17-,20+/m00/s1. The number of hydrogen-bond donors (Lipinski definition) is 5. The first-order valence-corrected chi connectivity index (χ1v) is 24.8. The summed E-state index contributed by atoms with van der Waals surface area (Å²) >= 11 is 0. The Bertz CT molecular complexity index is 1530. The SMILES string of the molecule is CCCCCCCCCCCCCCCC(=O)OC1=C(O)[C@@H]([C@@H](O)CO)OC1=O.CCCCCCCCCCCCCCCC(=O)OC1=C(OCc2ccccc2)[C@@H]([C@@H](O)CO)OC1=O. The van der Waals surface area contributed by atoms with Gasteiger partial charge in [-0.05, 0) is 18.4 Å². The summed E-state index contributed by atoms with van der Waals surface area (Å²) in [4.78, 5) is 48.2. The molecule has 0 aromatic heterocycles. The van der Waals surface area contributed by atoms with Crippen LogP contribution in [-0.4, -0.2) is 87.0 Å². The van der Waals surface area contributed by atoms with Gasteiger partial charge in [0.05, 0.1) is 13.2 Å². The Morgan fingerprint density at radius 1 is 0.538 bits per heavy atom. The number of ether oxygens (including phenoxy) is 5. The van der Waals surface area contributed by atoms with Crippen molar-refractivity contribution in [2.45, 2.75) is 225 Å². The fraction of sp³-hybridized carbons (Fsp3) is 0.725. The molecule has 0 aliphatic carbocycles. The second-order valence-corrected chi connectivity index (χ2v) is 17.3. The van der Waals surface area contributed by atoms with Crippen molar-refractivity contribution in [3.05, 3.63) is 58.9 Å². The van der Waals surface area contributed by atoms with E-state index in [9.17, 15) is 39.6 Å². The molecule has 1 aromatic rings. The van der Waals surface area contributed by atoms with E-state index in [-0.39, 0.29) is 31.0 Å². The molecule has 0 saturated heterocycles. The molecule has 1 aromatic carbocycles. The Morgan fingerprint density at radius 3 is 1.31 bits per heavy atom. The minimum atomic E-state index is -1.46. The van der Waals surface area contributed by atoms with Gasteiger partial charge in [0.1, 0.15) is 18.8 Å². The van der Waals surface area contributed by atoms with Crippen LogP contribution in [0.15, 0.2) is 53.4 Å². The van der Waals surface area contributed by atoms with Crippen molar-refractivity contribution in [1.82, 2.24) is 0 Å². The molecule has 370 valence electrons. The molecule has 0 saturated carbocycles. The molecule has 0 spiro atoms. The second kappa shape index (κ2) is 36.2. The second-order valence-electron chi connectivity index (χ2n) is 17.3. The number of carbonyl (C=O) groups excluding carboxylic acids is 4. The van der Waals surface area contributed by atoms with Crippen molar-refractivity contribution in [3.63, 3.8) is 0 Å². The molecular weight excluding hydrogens is 837 g/mol. The lowest BCUT2D eigenvalue weighted by Gasteiger charge is -2.18. The van der Waals surface area contributed by atoms with Gasteiger partial charge in [-0.15, -0.1) is 0 Å². The molecule has 3 rings (SSSR count). The molecule has 65 heavy (non-hydrogen) atoms. The summed E-state index contributed by atoms with van der Waals surface area (Å²) in [7, 11) is 0. The van der Waals surface area contributed by atoms with Gasteiger partial charge in [0.25, 0.3) is 11.5 Å². The van der Waals surface area contributed by atoms with Crippen LogP contribution in [0.25, 0.3) is 0 Å². The van der Waals surface area contributed by atoms with E-state index in [1.807, 2.05) is 30.3 Å². The minimum absolute atomic E-state index is 0.0656. The molecule has 0 unspecified atom stereocenters. The number of benzene rings is 1. The van der Waals surface area contributed by atoms with E-state index in [1.54, 1.807) is 0 Å². The summed E-state index contributed by atoms with van der Waals surface area (Å²) in [5.41, 5.74) is 0.833. The fourth-order valence-electron chi connectivity index (χ4n) is 7.59. The smallest absolute Gasteiger partial charge is 0.378 e. The number of rotatable bonds is 37. The minimum Gasteiger partial charge on any atom is -0.505 e. The monoisotopic (exact) mass is 919 g/mol. The lowest BCUT2D eigenvalue weighted by Crippen LogP contribution is -2.32. The largest absolute Gasteiger partial charge is 0.505 e. The Balaban J connectivity index is 0.000000458. The number of aliphatic hydroxyl groups is 5. The Kier molecular flexibility index (Phi) is 31.8. The maximum absolute atomic E-state index is 12.4. The van der Waals surface area contributed by atoms with Gasteiger partial charge in [-0.2, -0.15) is 0 Å². The Morgan fingerprint density at radius 2 is 0.892 bits per heavy atom. The van der Waals surface area contributed by atoms with E-state index in [0.29, 0.717) is 12.8 Å². The molecule has 5 N–H and O–H groups in total. The zero-order valence-corrected chi connectivity index (χ0v) is 39.5. The van der Waals surface area contributed by atoms with Gasteiger partial charge in [0, 0.05) is 12.8 Å². The van der Waals surface area contributed by atoms with Gasteiger partial charge in [0.15, 0.2) is 23.7 Å². The summed E-state index contributed by atoms with van der Waals surface area (Å²) in [6.07, 6.45) is 26.2. The van der Waals surface area contributed by atoms with Crippen molar-refractivity contribution >= 4 is 23.9 Å². The molecule has 0 bridgehead atoms. The van der Waals surface area contributed by atoms with Crippen molar-refractivity contribution in [1.29, 1.82) is 0 Å². The van der Waals surface area contributed by atoms with Crippen LogP contribution in [0.5, 0.6) is 0 Å². The first-order chi connectivity index (χ1) is 31.6. The highest BCUT2D eigenvalue weighted by Crippen LogP contribution is 2.29. The number of aliphatic hydroxyl groups excluding tert-OH is 5. The van der Waals surface area contributed by atoms with Crippen molar-refractivity contribution in [3.8, 4) is 0 Å². The lowest BCUT2D eigenvalue weighted by atomic mass is 10.0. The summed E-state index contributed by atoms with van der Waals surface area (Å²) in [6, 6.07) is 9.25. The third-order valence-electron chi connectivity index (χ3n) is 11.5. The zero-order chi connectivity index (χ0) is 47.5. The molecule has 14 heteroatoms. The first kappa shape index (κ1) is 57.1. The predicted molar refractivity (Wildman–Crippen MR) is 247 cm³/mol. The highest BCUT2D eigenvalue weighted by molar-refractivity contribution is 5.93. The van der Waals surface area contributed by atoms with E-state index < -0.39 is 73.0 Å². The molecule has 0 amide bonds. The summed E-state index contributed by atoms with van der Waals surface area (Å²) in [5, 5.41) is 47.5. The van der Waals surface area contributed by atoms with Crippen LogP contribution in [0.3, 0.4) is 0 Å². The number of unbranched alkanes of at least 4 members (excludes halogenated alkanes) is 24. The Labute approximate surface area is 388 Å². The molecule has 0 radical (unpaired) electrons. The van der Waals surface area contributed by atoms with E-state index in [0.717, 1.165) is 37.7 Å². The fourth-order valence-corrected chi connectivity index (χ4v) is 7.59. The van der Waals surface area contributed by atoms with Crippen molar-refractivity contribution in [2.75, 3.05) is 13.2 Å². The molecule has 2 aliphatic rings. The number of cyclic esters (lactones) is 2. The summed E-state index contributed by atoms with van der Waals surface area (Å²) < 4.78 is 25.7.